The van der Waals surface area contributed by atoms with Crippen LogP contribution in [0, 0.1) is 0 Å². The van der Waals surface area contributed by atoms with Crippen molar-refractivity contribution in [3.63, 3.8) is 0 Å². The SMILES string of the molecule is C[C@@H](O)[C@@H]1NC(=O)[C@H](CCCCN)NC(=O)[C@@H](Cc2ccc(NC(=O)[C@@H](N)CO)cc2)NC(=O)[C@H](Cc2ccc(O)cc2)NC(=O)[C@H](NC(=O)[C@@H](N)Cc2ccc(Cl)cc2)CSSC[C@@H](C(=O)N[C@H](Cc2ccc(O)cc2)C(N)=O)NC1=O. The second-order valence-electron chi connectivity index (χ2n) is 19.7. The van der Waals surface area contributed by atoms with Gasteiger partial charge in [0.05, 0.1) is 18.8 Å². The molecule has 83 heavy (non-hydrogen) atoms. The summed E-state index contributed by atoms with van der Waals surface area (Å²) in [5.41, 5.74) is 25.8. The van der Waals surface area contributed by atoms with E-state index >= 15 is 0 Å². The summed E-state index contributed by atoms with van der Waals surface area (Å²) in [7, 11) is 1.88. The molecule has 1 aliphatic heterocycles. The van der Waals surface area contributed by atoms with Crippen molar-refractivity contribution in [1.82, 2.24) is 37.2 Å². The van der Waals surface area contributed by atoms with Crippen molar-refractivity contribution < 1.29 is 63.6 Å². The van der Waals surface area contributed by atoms with Crippen LogP contribution < -0.4 is 65.5 Å². The summed E-state index contributed by atoms with van der Waals surface area (Å²) in [5, 5.41) is 61.7. The highest BCUT2D eigenvalue weighted by Crippen LogP contribution is 2.25. The number of hydrogen-bond donors (Lipinski definition) is 16. The average molecular weight is 1210 g/mol. The Kier molecular flexibility index (Phi) is 26.3. The van der Waals surface area contributed by atoms with Crippen molar-refractivity contribution in [3.05, 3.63) is 124 Å². The van der Waals surface area contributed by atoms with E-state index in [1.807, 2.05) is 0 Å². The number of hydrogen-bond acceptors (Lipinski definition) is 18. The maximum absolute atomic E-state index is 14.8. The molecule has 28 heteroatoms. The van der Waals surface area contributed by atoms with Gasteiger partial charge in [0.2, 0.25) is 53.2 Å². The van der Waals surface area contributed by atoms with E-state index < -0.39 is 120 Å². The van der Waals surface area contributed by atoms with Gasteiger partial charge in [-0.05, 0) is 110 Å². The summed E-state index contributed by atoms with van der Waals surface area (Å²) >= 11 is 6.08. The highest BCUT2D eigenvalue weighted by molar-refractivity contribution is 8.76. The molecule has 1 saturated heterocycles. The number of amides is 9. The molecule has 0 saturated carbocycles. The van der Waals surface area contributed by atoms with E-state index in [0.717, 1.165) is 21.6 Å². The number of nitrogens with two attached hydrogens (primary N) is 4. The number of unbranched alkanes of at least 4 members (excludes halogenated alkanes) is 1. The van der Waals surface area contributed by atoms with Gasteiger partial charge in [0.15, 0.2) is 0 Å². The molecule has 0 aliphatic carbocycles. The number of primary amides is 1. The largest absolute Gasteiger partial charge is 0.508 e. The van der Waals surface area contributed by atoms with Crippen LogP contribution in [0.2, 0.25) is 5.02 Å². The molecule has 25 nitrogen and oxygen atoms in total. The van der Waals surface area contributed by atoms with Crippen LogP contribution in [0.1, 0.15) is 48.4 Å². The smallest absolute Gasteiger partial charge is 0.245 e. The molecule has 4 aromatic carbocycles. The number of aliphatic hydroxyl groups excluding tert-OH is 2. The molecular weight excluding hydrogens is 1140 g/mol. The molecule has 1 fully saturated rings. The molecule has 9 amide bonds. The van der Waals surface area contributed by atoms with E-state index in [0.29, 0.717) is 33.7 Å². The van der Waals surface area contributed by atoms with Crippen LogP contribution in [-0.4, -0.2) is 159 Å². The van der Waals surface area contributed by atoms with Crippen molar-refractivity contribution in [2.45, 2.75) is 112 Å². The van der Waals surface area contributed by atoms with Gasteiger partial charge in [0, 0.05) is 41.5 Å². The number of aromatic hydroxyl groups is 2. The van der Waals surface area contributed by atoms with Gasteiger partial charge in [-0.25, -0.2) is 0 Å². The normalized spacial score (nSPS) is 21.0. The predicted molar refractivity (Wildman–Crippen MR) is 313 cm³/mol. The first-order chi connectivity index (χ1) is 39.5. The molecule has 0 bridgehead atoms. The summed E-state index contributed by atoms with van der Waals surface area (Å²) < 4.78 is 0. The van der Waals surface area contributed by atoms with Crippen LogP contribution in [0.4, 0.5) is 5.69 Å². The van der Waals surface area contributed by atoms with Gasteiger partial charge in [-0.15, -0.1) is 0 Å². The molecule has 10 atom stereocenters. The summed E-state index contributed by atoms with van der Waals surface area (Å²) in [6.45, 7) is 0.773. The lowest BCUT2D eigenvalue weighted by Gasteiger charge is -2.29. The van der Waals surface area contributed by atoms with Crippen molar-refractivity contribution >= 4 is 92.0 Å². The van der Waals surface area contributed by atoms with E-state index in [4.69, 9.17) is 34.5 Å². The predicted octanol–water partition coefficient (Wildman–Crippen LogP) is -1.61. The Morgan fingerprint density at radius 1 is 0.639 bits per heavy atom. The number of phenolic OH excluding ortho intramolecular Hbond substituents is 2. The number of carbonyl (C=O) groups excluding carboxylic acids is 9. The number of phenols is 2. The van der Waals surface area contributed by atoms with Crippen molar-refractivity contribution in [2.75, 3.05) is 30.0 Å². The molecule has 5 rings (SSSR count). The third-order valence-corrected chi connectivity index (χ3v) is 15.7. The molecule has 1 heterocycles. The minimum atomic E-state index is -1.78. The maximum atomic E-state index is 14.8. The summed E-state index contributed by atoms with van der Waals surface area (Å²) in [4.78, 5) is 126. The third-order valence-electron chi connectivity index (χ3n) is 13.0. The second-order valence-corrected chi connectivity index (χ2v) is 22.7. The van der Waals surface area contributed by atoms with Crippen LogP contribution in [0.25, 0.3) is 0 Å². The Morgan fingerprint density at radius 3 is 1.70 bits per heavy atom. The summed E-state index contributed by atoms with van der Waals surface area (Å²) in [5.74, 6) is -8.88. The molecular formula is C55H71ClN12O13S2. The first-order valence-electron chi connectivity index (χ1n) is 26.4. The van der Waals surface area contributed by atoms with Gasteiger partial charge in [0.1, 0.15) is 59.8 Å². The minimum Gasteiger partial charge on any atom is -0.508 e. The zero-order valence-corrected chi connectivity index (χ0v) is 47.6. The lowest BCUT2D eigenvalue weighted by atomic mass is 10.0. The Morgan fingerprint density at radius 2 is 1.14 bits per heavy atom. The van der Waals surface area contributed by atoms with Crippen LogP contribution in [0.5, 0.6) is 11.5 Å². The minimum absolute atomic E-state index is 0.0150. The number of aliphatic hydroxyl groups is 2. The summed E-state index contributed by atoms with van der Waals surface area (Å²) in [6.07, 6.45) is -1.69. The maximum Gasteiger partial charge on any atom is 0.245 e. The van der Waals surface area contributed by atoms with Crippen LogP contribution in [0.3, 0.4) is 0 Å². The highest BCUT2D eigenvalue weighted by atomic mass is 35.5. The topological polar surface area (TPSA) is 435 Å². The van der Waals surface area contributed by atoms with Crippen LogP contribution in [-0.2, 0) is 68.8 Å². The molecule has 0 spiro atoms. The second kappa shape index (κ2) is 33.0. The number of benzene rings is 4. The van der Waals surface area contributed by atoms with Gasteiger partial charge in [-0.2, -0.15) is 0 Å². The molecule has 448 valence electrons. The van der Waals surface area contributed by atoms with Crippen LogP contribution in [0.15, 0.2) is 97.1 Å². The fourth-order valence-corrected chi connectivity index (χ4v) is 10.7. The number of anilines is 1. The fraction of sp³-hybridized carbons (Fsp3) is 0.400. The quantitative estimate of drug-likeness (QED) is 0.0330. The van der Waals surface area contributed by atoms with Crippen molar-refractivity contribution in [1.29, 1.82) is 0 Å². The lowest BCUT2D eigenvalue weighted by molar-refractivity contribution is -0.136. The number of halogens is 1. The molecule has 1 aliphatic rings. The van der Waals surface area contributed by atoms with Gasteiger partial charge < -0.3 is 85.9 Å². The number of nitrogens with one attached hydrogen (secondary N) is 8. The Balaban J connectivity index is 1.58. The van der Waals surface area contributed by atoms with Gasteiger partial charge in [-0.3, -0.25) is 43.2 Å². The zero-order chi connectivity index (χ0) is 60.8. The van der Waals surface area contributed by atoms with E-state index in [-0.39, 0.29) is 73.8 Å². The zero-order valence-electron chi connectivity index (χ0n) is 45.3. The van der Waals surface area contributed by atoms with Gasteiger partial charge >= 0.3 is 0 Å². The third kappa shape index (κ3) is 21.6. The number of rotatable bonds is 21. The molecule has 0 aromatic heterocycles. The highest BCUT2D eigenvalue weighted by Gasteiger charge is 2.36. The van der Waals surface area contributed by atoms with Crippen LogP contribution >= 0.6 is 33.2 Å². The van der Waals surface area contributed by atoms with E-state index in [2.05, 4.69) is 42.5 Å². The molecule has 0 radical (unpaired) electrons. The Bertz CT molecular complexity index is 2860. The monoisotopic (exact) mass is 1210 g/mol. The molecule has 4 aromatic rings. The first-order valence-corrected chi connectivity index (χ1v) is 29.3. The molecule has 0 unspecified atom stereocenters. The summed E-state index contributed by atoms with van der Waals surface area (Å²) in [6, 6.07) is 11.0. The van der Waals surface area contributed by atoms with Gasteiger partial charge in [-0.1, -0.05) is 81.7 Å². The Labute approximate surface area is 491 Å². The Hall–Kier alpha value is -7.50. The van der Waals surface area contributed by atoms with E-state index in [1.165, 1.54) is 79.7 Å². The standard InChI is InChI=1S/C55H71ClN12O13S2/c1-29(70)46-55(81)67-45(53(79)63-41(47(60)73)23-32-9-17-36(71)18-10-32)28-83-82-27-44(66-48(74)38(58)22-30-5-13-34(56)14-6-30)54(80)65-43(25-33-11-19-37(72)20-12-33)52(78)64-42(51(77)62-40(50(76)68-46)4-2-3-21-57)24-31-7-15-35(16-8-31)61-49(75)39(59)26-69/h5-20,29,38-46,69-72H,2-4,21-28,57-59H2,1H3,(H2,60,73)(H,61,75)(H,62,77)(H,63,79)(H,64,78)(H,65,80)(H,66,74)(H,67,81)(H,68,76)/t29-,38+,39+,40+,41-,42-,43+,44-,45+,46+/m1/s1. The van der Waals surface area contributed by atoms with Gasteiger partial charge in [0.25, 0.3) is 0 Å². The van der Waals surface area contributed by atoms with E-state index in [1.54, 1.807) is 24.3 Å². The average Bonchev–Trinajstić information content (AvgIpc) is 3.55. The van der Waals surface area contributed by atoms with Crippen molar-refractivity contribution in [2.24, 2.45) is 22.9 Å². The fourth-order valence-electron chi connectivity index (χ4n) is 8.27. The number of carbonyl (C=O) groups is 9. The lowest BCUT2D eigenvalue weighted by Crippen LogP contribution is -2.62. The molecule has 20 N–H and O–H groups in total. The van der Waals surface area contributed by atoms with Crippen molar-refractivity contribution in [3.8, 4) is 11.5 Å². The first kappa shape index (κ1) is 66.3. The van der Waals surface area contributed by atoms with E-state index in [9.17, 15) is 63.6 Å².